The fourth-order valence-corrected chi connectivity index (χ4v) is 2.26. The molecule has 1 amide bonds. The maximum atomic E-state index is 11.8. The van der Waals surface area contributed by atoms with Crippen molar-refractivity contribution in [3.05, 3.63) is 57.7 Å². The van der Waals surface area contributed by atoms with Gasteiger partial charge in [-0.05, 0) is 71.0 Å². The van der Waals surface area contributed by atoms with E-state index < -0.39 is 6.10 Å². The van der Waals surface area contributed by atoms with Crippen LogP contribution in [0, 0.1) is 3.57 Å². The van der Waals surface area contributed by atoms with Gasteiger partial charge in [0.25, 0.3) is 5.91 Å². The molecule has 4 nitrogen and oxygen atoms in total. The summed E-state index contributed by atoms with van der Waals surface area (Å²) in [6.45, 7) is 1.87. The van der Waals surface area contributed by atoms with E-state index in [9.17, 15) is 9.90 Å². The summed E-state index contributed by atoms with van der Waals surface area (Å²) in [5.74, 6) is 0.392. The lowest BCUT2D eigenvalue weighted by atomic mass is 10.1. The number of benzene rings is 2. The summed E-state index contributed by atoms with van der Waals surface area (Å²) in [7, 11) is 0. The van der Waals surface area contributed by atoms with Crippen molar-refractivity contribution in [2.75, 3.05) is 11.9 Å². The molecule has 2 N–H and O–H groups in total. The third-order valence-electron chi connectivity index (χ3n) is 3.15. The standard InChI is InChI=1S/C17H18INO3/c1-2-16(20)12-3-9-15(10-4-12)22-11-17(21)19-14-7-5-13(18)6-8-14/h3-10,16,20H,2,11H2,1H3,(H,19,21). The van der Waals surface area contributed by atoms with Gasteiger partial charge in [0, 0.05) is 9.26 Å². The average Bonchev–Trinajstić information content (AvgIpc) is 2.55. The predicted molar refractivity (Wildman–Crippen MR) is 95.0 cm³/mol. The molecule has 0 radical (unpaired) electrons. The highest BCUT2D eigenvalue weighted by atomic mass is 127. The molecule has 2 aromatic rings. The number of rotatable bonds is 6. The van der Waals surface area contributed by atoms with Crippen molar-refractivity contribution in [2.45, 2.75) is 19.4 Å². The zero-order chi connectivity index (χ0) is 15.9. The molecule has 0 spiro atoms. The second-order valence-electron chi connectivity index (χ2n) is 4.84. The number of amides is 1. The van der Waals surface area contributed by atoms with E-state index in [0.29, 0.717) is 12.2 Å². The summed E-state index contributed by atoms with van der Waals surface area (Å²) < 4.78 is 6.55. The number of hydrogen-bond donors (Lipinski definition) is 2. The van der Waals surface area contributed by atoms with E-state index in [0.717, 1.165) is 14.8 Å². The van der Waals surface area contributed by atoms with Crippen LogP contribution in [0.5, 0.6) is 5.75 Å². The first kappa shape index (κ1) is 16.8. The highest BCUT2D eigenvalue weighted by Crippen LogP contribution is 2.19. The SMILES string of the molecule is CCC(O)c1ccc(OCC(=O)Nc2ccc(I)cc2)cc1. The number of carbonyl (C=O) groups is 1. The molecular formula is C17H18INO3. The summed E-state index contributed by atoms with van der Waals surface area (Å²) in [4.78, 5) is 11.8. The van der Waals surface area contributed by atoms with Crippen LogP contribution in [0.3, 0.4) is 0 Å². The Morgan fingerprint density at radius 3 is 2.41 bits per heavy atom. The fourth-order valence-electron chi connectivity index (χ4n) is 1.90. The summed E-state index contributed by atoms with van der Waals surface area (Å²) in [5, 5.41) is 12.5. The van der Waals surface area contributed by atoms with Crippen molar-refractivity contribution < 1.29 is 14.6 Å². The van der Waals surface area contributed by atoms with Crippen LogP contribution in [0.4, 0.5) is 5.69 Å². The van der Waals surface area contributed by atoms with Crippen molar-refractivity contribution in [1.82, 2.24) is 0 Å². The van der Waals surface area contributed by atoms with Crippen molar-refractivity contribution >= 4 is 34.2 Å². The second-order valence-corrected chi connectivity index (χ2v) is 6.08. The normalized spacial score (nSPS) is 11.8. The van der Waals surface area contributed by atoms with Crippen LogP contribution in [0.1, 0.15) is 25.0 Å². The third kappa shape index (κ3) is 4.99. The number of anilines is 1. The number of halogens is 1. The van der Waals surface area contributed by atoms with Gasteiger partial charge in [-0.2, -0.15) is 0 Å². The van der Waals surface area contributed by atoms with E-state index in [1.807, 2.05) is 31.2 Å². The van der Waals surface area contributed by atoms with Gasteiger partial charge in [0.2, 0.25) is 0 Å². The molecule has 0 aliphatic carbocycles. The molecule has 116 valence electrons. The van der Waals surface area contributed by atoms with Gasteiger partial charge in [0.1, 0.15) is 5.75 Å². The molecule has 0 fully saturated rings. The Kier molecular flexibility index (Phi) is 6.21. The first-order valence-corrected chi connectivity index (χ1v) is 8.12. The molecule has 0 aromatic heterocycles. The summed E-state index contributed by atoms with van der Waals surface area (Å²) in [6, 6.07) is 14.7. The summed E-state index contributed by atoms with van der Waals surface area (Å²) in [6.07, 6.45) is 0.205. The molecule has 0 aliphatic heterocycles. The molecule has 0 aliphatic rings. The van der Waals surface area contributed by atoms with Crippen LogP contribution in [-0.2, 0) is 4.79 Å². The minimum atomic E-state index is -0.460. The van der Waals surface area contributed by atoms with Gasteiger partial charge in [-0.3, -0.25) is 4.79 Å². The molecule has 0 saturated heterocycles. The second kappa shape index (κ2) is 8.14. The first-order chi connectivity index (χ1) is 10.6. The Morgan fingerprint density at radius 1 is 1.18 bits per heavy atom. The minimum absolute atomic E-state index is 0.0539. The molecule has 2 rings (SSSR count). The Bertz CT molecular complexity index is 611. The zero-order valence-electron chi connectivity index (χ0n) is 12.3. The van der Waals surface area contributed by atoms with Gasteiger partial charge in [0.15, 0.2) is 6.61 Å². The lowest BCUT2D eigenvalue weighted by Crippen LogP contribution is -2.20. The highest BCUT2D eigenvalue weighted by molar-refractivity contribution is 14.1. The topological polar surface area (TPSA) is 58.6 Å². The predicted octanol–water partition coefficient (Wildman–Crippen LogP) is 3.75. The van der Waals surface area contributed by atoms with Gasteiger partial charge in [-0.15, -0.1) is 0 Å². The van der Waals surface area contributed by atoms with E-state index in [-0.39, 0.29) is 12.5 Å². The van der Waals surface area contributed by atoms with Crippen LogP contribution in [0.15, 0.2) is 48.5 Å². The number of aliphatic hydroxyl groups is 1. The molecular weight excluding hydrogens is 393 g/mol. The van der Waals surface area contributed by atoms with Crippen molar-refractivity contribution in [3.8, 4) is 5.75 Å². The zero-order valence-corrected chi connectivity index (χ0v) is 14.4. The molecule has 5 heteroatoms. The molecule has 1 unspecified atom stereocenters. The van der Waals surface area contributed by atoms with Gasteiger partial charge >= 0.3 is 0 Å². The van der Waals surface area contributed by atoms with E-state index in [2.05, 4.69) is 27.9 Å². The van der Waals surface area contributed by atoms with E-state index in [1.54, 1.807) is 24.3 Å². The highest BCUT2D eigenvalue weighted by Gasteiger charge is 2.06. The Balaban J connectivity index is 1.84. The Morgan fingerprint density at radius 2 is 1.82 bits per heavy atom. The number of nitrogens with one attached hydrogen (secondary N) is 1. The number of carbonyl (C=O) groups excluding carboxylic acids is 1. The van der Waals surface area contributed by atoms with Gasteiger partial charge in [-0.25, -0.2) is 0 Å². The molecule has 0 saturated carbocycles. The van der Waals surface area contributed by atoms with Crippen LogP contribution in [0.25, 0.3) is 0 Å². The molecule has 1 atom stereocenters. The largest absolute Gasteiger partial charge is 0.484 e. The number of ether oxygens (including phenoxy) is 1. The average molecular weight is 411 g/mol. The van der Waals surface area contributed by atoms with E-state index in [1.165, 1.54) is 0 Å². The molecule has 22 heavy (non-hydrogen) atoms. The Labute approximate surface area is 143 Å². The third-order valence-corrected chi connectivity index (χ3v) is 3.87. The molecule has 2 aromatic carbocycles. The smallest absolute Gasteiger partial charge is 0.262 e. The fraction of sp³-hybridized carbons (Fsp3) is 0.235. The summed E-state index contributed by atoms with van der Waals surface area (Å²) in [5.41, 5.74) is 1.59. The van der Waals surface area contributed by atoms with Gasteiger partial charge in [0.05, 0.1) is 6.10 Å². The molecule has 0 bridgehead atoms. The maximum Gasteiger partial charge on any atom is 0.262 e. The van der Waals surface area contributed by atoms with Gasteiger partial charge in [-0.1, -0.05) is 19.1 Å². The van der Waals surface area contributed by atoms with Crippen molar-refractivity contribution in [3.63, 3.8) is 0 Å². The lowest BCUT2D eigenvalue weighted by molar-refractivity contribution is -0.118. The first-order valence-electron chi connectivity index (χ1n) is 7.04. The van der Waals surface area contributed by atoms with Crippen molar-refractivity contribution in [2.24, 2.45) is 0 Å². The van der Waals surface area contributed by atoms with E-state index >= 15 is 0 Å². The number of hydrogen-bond acceptors (Lipinski definition) is 3. The van der Waals surface area contributed by atoms with Crippen LogP contribution >= 0.6 is 22.6 Å². The van der Waals surface area contributed by atoms with E-state index in [4.69, 9.17) is 4.74 Å². The molecule has 0 heterocycles. The minimum Gasteiger partial charge on any atom is -0.484 e. The monoisotopic (exact) mass is 411 g/mol. The maximum absolute atomic E-state index is 11.8. The van der Waals surface area contributed by atoms with Gasteiger partial charge < -0.3 is 15.2 Å². The van der Waals surface area contributed by atoms with Crippen LogP contribution in [-0.4, -0.2) is 17.6 Å². The lowest BCUT2D eigenvalue weighted by Gasteiger charge is -2.10. The van der Waals surface area contributed by atoms with Crippen LogP contribution in [0.2, 0.25) is 0 Å². The van der Waals surface area contributed by atoms with Crippen LogP contribution < -0.4 is 10.1 Å². The quantitative estimate of drug-likeness (QED) is 0.712. The van der Waals surface area contributed by atoms with Crippen molar-refractivity contribution in [1.29, 1.82) is 0 Å². The number of aliphatic hydroxyl groups excluding tert-OH is 1. The summed E-state index contributed by atoms with van der Waals surface area (Å²) >= 11 is 2.21. The Hall–Kier alpha value is -1.60.